The van der Waals surface area contributed by atoms with Crippen molar-refractivity contribution in [2.75, 3.05) is 0 Å². The van der Waals surface area contributed by atoms with Crippen LogP contribution >= 0.6 is 0 Å². The highest BCUT2D eigenvalue weighted by Crippen LogP contribution is 2.30. The Morgan fingerprint density at radius 2 is 1.62 bits per heavy atom. The van der Waals surface area contributed by atoms with Crippen LogP contribution in [-0.2, 0) is 0 Å². The van der Waals surface area contributed by atoms with E-state index in [0.717, 1.165) is 6.42 Å². The van der Waals surface area contributed by atoms with Gasteiger partial charge in [-0.15, -0.1) is 0 Å². The number of aliphatic hydroxyl groups is 1. The van der Waals surface area contributed by atoms with Gasteiger partial charge in [0, 0.05) is 11.1 Å². The molecule has 0 bridgehead atoms. The van der Waals surface area contributed by atoms with Crippen LogP contribution in [0.25, 0.3) is 0 Å². The number of hydrogen-bond donors (Lipinski definition) is 1. The van der Waals surface area contributed by atoms with Crippen molar-refractivity contribution in [1.82, 2.24) is 9.80 Å². The molecule has 1 aliphatic rings. The third kappa shape index (κ3) is 4.96. The molecule has 0 saturated carbocycles. The highest BCUT2D eigenvalue weighted by Gasteiger charge is 2.41. The first-order valence-electron chi connectivity index (χ1n) is 8.37. The Labute approximate surface area is 131 Å². The van der Waals surface area contributed by atoms with E-state index in [-0.39, 0.29) is 17.2 Å². The number of unbranched alkanes of at least 4 members (excludes halogenated alkanes) is 3. The van der Waals surface area contributed by atoms with Gasteiger partial charge in [0.2, 0.25) is 0 Å². The average Bonchev–Trinajstić information content (AvgIpc) is 2.31. The van der Waals surface area contributed by atoms with E-state index in [9.17, 15) is 5.11 Å². The monoisotopic (exact) mass is 297 g/mol. The molecular formula is C17H35N3O. The molecule has 0 saturated heterocycles. The summed E-state index contributed by atoms with van der Waals surface area (Å²) in [4.78, 5) is 8.83. The van der Waals surface area contributed by atoms with Crippen LogP contribution in [0, 0.1) is 0 Å². The van der Waals surface area contributed by atoms with Gasteiger partial charge < -0.3 is 10.0 Å². The molecule has 1 heterocycles. The Balaban J connectivity index is 2.86. The molecule has 1 aliphatic heterocycles. The van der Waals surface area contributed by atoms with Gasteiger partial charge in [-0.25, -0.2) is 4.90 Å². The Morgan fingerprint density at radius 3 is 2.10 bits per heavy atom. The van der Waals surface area contributed by atoms with Crippen molar-refractivity contribution in [1.29, 1.82) is 0 Å². The lowest BCUT2D eigenvalue weighted by molar-refractivity contribution is -0.168. The second kappa shape index (κ2) is 7.10. The number of aliphatic imine (C=N–C) groups is 1. The first-order chi connectivity index (χ1) is 9.59. The third-order valence-corrected chi connectivity index (χ3v) is 4.05. The number of aliphatic hydroxyl groups excluding tert-OH is 1. The summed E-state index contributed by atoms with van der Waals surface area (Å²) < 4.78 is 0. The fourth-order valence-electron chi connectivity index (χ4n) is 2.85. The molecule has 1 N–H and O–H groups in total. The maximum absolute atomic E-state index is 10.8. The topological polar surface area (TPSA) is 39.1 Å². The molecule has 1 rings (SSSR count). The van der Waals surface area contributed by atoms with Gasteiger partial charge in [-0.3, -0.25) is 4.99 Å². The normalized spacial score (nSPS) is 24.7. The molecule has 0 radical (unpaired) electrons. The Morgan fingerprint density at radius 1 is 1.00 bits per heavy atom. The van der Waals surface area contributed by atoms with E-state index in [2.05, 4.69) is 53.4 Å². The van der Waals surface area contributed by atoms with Gasteiger partial charge in [0.25, 0.3) is 0 Å². The maximum atomic E-state index is 10.8. The number of rotatable bonds is 5. The molecule has 0 amide bonds. The fraction of sp³-hybridized carbons (Fsp3) is 0.941. The number of hydrogen-bond acceptors (Lipinski definition) is 4. The van der Waals surface area contributed by atoms with Crippen molar-refractivity contribution in [3.63, 3.8) is 0 Å². The molecule has 0 aromatic heterocycles. The summed E-state index contributed by atoms with van der Waals surface area (Å²) in [5.41, 5.74) is -0.254. The second-order valence-electron chi connectivity index (χ2n) is 8.10. The van der Waals surface area contributed by atoms with Crippen LogP contribution in [0.2, 0.25) is 0 Å². The van der Waals surface area contributed by atoms with Crippen LogP contribution in [0.1, 0.15) is 80.6 Å². The molecule has 0 fully saturated rings. The molecular weight excluding hydrogens is 262 g/mol. The van der Waals surface area contributed by atoms with Gasteiger partial charge in [-0.1, -0.05) is 26.2 Å². The van der Waals surface area contributed by atoms with E-state index in [1.165, 1.54) is 25.7 Å². The van der Waals surface area contributed by atoms with E-state index in [1.54, 1.807) is 0 Å². The molecule has 21 heavy (non-hydrogen) atoms. The molecule has 4 heteroatoms. The first kappa shape index (κ1) is 18.4. The largest absolute Gasteiger partial charge is 0.361 e. The van der Waals surface area contributed by atoms with E-state index >= 15 is 0 Å². The van der Waals surface area contributed by atoms with Crippen LogP contribution in [0.5, 0.6) is 0 Å². The molecule has 0 spiro atoms. The average molecular weight is 297 g/mol. The van der Waals surface area contributed by atoms with Crippen LogP contribution in [-0.4, -0.2) is 44.8 Å². The highest BCUT2D eigenvalue weighted by atomic mass is 16.3. The minimum Gasteiger partial charge on any atom is -0.361 e. The lowest BCUT2D eigenvalue weighted by atomic mass is 10.0. The summed E-state index contributed by atoms with van der Waals surface area (Å²) in [5, 5.41) is 10.8. The highest BCUT2D eigenvalue weighted by molar-refractivity contribution is 5.57. The van der Waals surface area contributed by atoms with Crippen molar-refractivity contribution < 1.29 is 5.11 Å². The van der Waals surface area contributed by atoms with E-state index in [1.807, 2.05) is 11.2 Å². The van der Waals surface area contributed by atoms with Crippen LogP contribution < -0.4 is 0 Å². The van der Waals surface area contributed by atoms with Gasteiger partial charge in [-0.05, 0) is 54.4 Å². The predicted molar refractivity (Wildman–Crippen MR) is 90.2 cm³/mol. The molecule has 2 atom stereocenters. The summed E-state index contributed by atoms with van der Waals surface area (Å²) in [6.45, 7) is 15.0. The summed E-state index contributed by atoms with van der Waals surface area (Å²) in [6, 6.07) is 0. The third-order valence-electron chi connectivity index (χ3n) is 4.05. The van der Waals surface area contributed by atoms with Crippen molar-refractivity contribution >= 4 is 6.34 Å². The molecule has 0 aromatic carbocycles. The van der Waals surface area contributed by atoms with Crippen LogP contribution in [0.3, 0.4) is 0 Å². The zero-order valence-electron chi connectivity index (χ0n) is 15.1. The quantitative estimate of drug-likeness (QED) is 0.784. The Kier molecular flexibility index (Phi) is 6.23. The molecule has 0 aromatic rings. The smallest absolute Gasteiger partial charge is 0.189 e. The van der Waals surface area contributed by atoms with Crippen LogP contribution in [0.4, 0.5) is 0 Å². The molecule has 124 valence electrons. The van der Waals surface area contributed by atoms with Crippen molar-refractivity contribution in [3.05, 3.63) is 0 Å². The first-order valence-corrected chi connectivity index (χ1v) is 8.37. The molecule has 0 aliphatic carbocycles. The number of nitrogens with zero attached hydrogens (tertiary/aromatic N) is 3. The fourth-order valence-corrected chi connectivity index (χ4v) is 2.85. The van der Waals surface area contributed by atoms with Crippen LogP contribution in [0.15, 0.2) is 4.99 Å². The molecule has 2 unspecified atom stereocenters. The molecule has 4 nitrogen and oxygen atoms in total. The van der Waals surface area contributed by atoms with Gasteiger partial charge in [0.1, 0.15) is 6.17 Å². The van der Waals surface area contributed by atoms with E-state index in [0.29, 0.717) is 0 Å². The van der Waals surface area contributed by atoms with Crippen molar-refractivity contribution in [2.45, 2.75) is 104 Å². The predicted octanol–water partition coefficient (Wildman–Crippen LogP) is 3.80. The van der Waals surface area contributed by atoms with Gasteiger partial charge >= 0.3 is 0 Å². The zero-order chi connectivity index (χ0) is 16.3. The van der Waals surface area contributed by atoms with Gasteiger partial charge in [0.05, 0.1) is 6.34 Å². The van der Waals surface area contributed by atoms with Gasteiger partial charge in [0.15, 0.2) is 6.35 Å². The Hall–Kier alpha value is -0.610. The summed E-state index contributed by atoms with van der Waals surface area (Å²) in [5.74, 6) is 0. The van der Waals surface area contributed by atoms with Crippen molar-refractivity contribution in [2.24, 2.45) is 4.99 Å². The van der Waals surface area contributed by atoms with Crippen molar-refractivity contribution in [3.8, 4) is 0 Å². The summed E-state index contributed by atoms with van der Waals surface area (Å²) in [6.07, 6.45) is 7.28. The zero-order valence-corrected chi connectivity index (χ0v) is 15.1. The standard InChI is InChI=1S/C17H35N3O/c1-8-9-10-11-12-14-18-13-19(16(2,3)4)15(21)20(14)17(5,6)7/h13-15,21H,8-12H2,1-7H3. The Bertz CT molecular complexity index is 341. The SMILES string of the molecule is CCCCCCC1N=CN(C(C)(C)C)C(O)N1C(C)(C)C. The minimum atomic E-state index is -0.612. The van der Waals surface area contributed by atoms with E-state index < -0.39 is 6.35 Å². The lowest BCUT2D eigenvalue weighted by Gasteiger charge is -2.52. The van der Waals surface area contributed by atoms with Gasteiger partial charge in [-0.2, -0.15) is 0 Å². The minimum absolute atomic E-state index is 0.0791. The second-order valence-corrected chi connectivity index (χ2v) is 8.10. The maximum Gasteiger partial charge on any atom is 0.189 e. The van der Waals surface area contributed by atoms with E-state index in [4.69, 9.17) is 4.99 Å². The summed E-state index contributed by atoms with van der Waals surface area (Å²) in [7, 11) is 0. The summed E-state index contributed by atoms with van der Waals surface area (Å²) >= 11 is 0. The lowest BCUT2D eigenvalue weighted by Crippen LogP contribution is -2.65.